The van der Waals surface area contributed by atoms with Crippen LogP contribution in [0, 0.1) is 5.92 Å². The average molecular weight is 326 g/mol. The maximum Gasteiger partial charge on any atom is 0.240 e. The lowest BCUT2D eigenvalue weighted by molar-refractivity contribution is -0.122. The summed E-state index contributed by atoms with van der Waals surface area (Å²) in [4.78, 5) is 28.4. The van der Waals surface area contributed by atoms with E-state index in [-0.39, 0.29) is 24.3 Å². The summed E-state index contributed by atoms with van der Waals surface area (Å²) in [5, 5.41) is 5.73. The highest BCUT2D eigenvalue weighted by Crippen LogP contribution is 2.28. The molecular weight excluding hydrogens is 304 g/mol. The van der Waals surface area contributed by atoms with Crippen molar-refractivity contribution in [3.8, 4) is 0 Å². The summed E-state index contributed by atoms with van der Waals surface area (Å²) >= 11 is 0. The Kier molecular flexibility index (Phi) is 4.93. The van der Waals surface area contributed by atoms with Gasteiger partial charge in [0, 0.05) is 25.4 Å². The molecule has 126 valence electrons. The van der Waals surface area contributed by atoms with E-state index in [1.165, 1.54) is 0 Å². The second kappa shape index (κ2) is 7.29. The van der Waals surface area contributed by atoms with Gasteiger partial charge in [-0.3, -0.25) is 9.59 Å². The van der Waals surface area contributed by atoms with Crippen molar-refractivity contribution < 1.29 is 9.59 Å². The number of benzene rings is 1. The molecule has 1 saturated carbocycles. The van der Waals surface area contributed by atoms with Gasteiger partial charge in [-0.05, 0) is 25.0 Å². The first-order chi connectivity index (χ1) is 11.7. The van der Waals surface area contributed by atoms with Gasteiger partial charge in [-0.25, -0.2) is 4.98 Å². The van der Waals surface area contributed by atoms with Gasteiger partial charge < -0.3 is 15.2 Å². The summed E-state index contributed by atoms with van der Waals surface area (Å²) in [7, 11) is 0. The highest BCUT2D eigenvalue weighted by Gasteiger charge is 2.29. The molecule has 1 fully saturated rings. The largest absolute Gasteiger partial charge is 0.355 e. The number of hydrogen-bond donors (Lipinski definition) is 2. The minimum Gasteiger partial charge on any atom is -0.355 e. The second-order valence-corrected chi connectivity index (χ2v) is 6.01. The van der Waals surface area contributed by atoms with Crippen LogP contribution in [0.25, 0.3) is 11.0 Å². The molecule has 6 nitrogen and oxygen atoms in total. The number of amides is 2. The Morgan fingerprint density at radius 2 is 2.08 bits per heavy atom. The van der Waals surface area contributed by atoms with E-state index in [9.17, 15) is 9.59 Å². The average Bonchev–Trinajstić information content (AvgIpc) is 3.38. The minimum absolute atomic E-state index is 0.0821. The molecule has 1 aromatic carbocycles. The fourth-order valence-electron chi connectivity index (χ4n) is 2.67. The number of carbonyl (C=O) groups is 2. The Morgan fingerprint density at radius 3 is 2.83 bits per heavy atom. The maximum absolute atomic E-state index is 12.1. The molecule has 24 heavy (non-hydrogen) atoms. The van der Waals surface area contributed by atoms with Crippen LogP contribution in [0.15, 0.2) is 36.9 Å². The molecule has 3 rings (SSSR count). The molecular formula is C18H22N4O2. The van der Waals surface area contributed by atoms with Crippen LogP contribution >= 0.6 is 0 Å². The molecule has 0 unspecified atom stereocenters. The predicted molar refractivity (Wildman–Crippen MR) is 92.4 cm³/mol. The lowest BCUT2D eigenvalue weighted by Gasteiger charge is -2.10. The molecule has 2 amide bonds. The zero-order chi connectivity index (χ0) is 16.9. The molecule has 1 aliphatic rings. The van der Waals surface area contributed by atoms with Gasteiger partial charge in [-0.1, -0.05) is 18.2 Å². The van der Waals surface area contributed by atoms with Gasteiger partial charge in [0.2, 0.25) is 11.8 Å². The highest BCUT2D eigenvalue weighted by molar-refractivity contribution is 5.82. The van der Waals surface area contributed by atoms with Crippen LogP contribution in [-0.4, -0.2) is 34.5 Å². The summed E-state index contributed by atoms with van der Waals surface area (Å²) in [6, 6.07) is 7.74. The summed E-state index contributed by atoms with van der Waals surface area (Å²) in [5.41, 5.74) is 1.78. The van der Waals surface area contributed by atoms with Gasteiger partial charge >= 0.3 is 0 Å². The van der Waals surface area contributed by atoms with Crippen molar-refractivity contribution in [2.24, 2.45) is 5.92 Å². The zero-order valence-corrected chi connectivity index (χ0v) is 13.6. The van der Waals surface area contributed by atoms with E-state index in [1.54, 1.807) is 6.08 Å². The third-order valence-corrected chi connectivity index (χ3v) is 4.07. The molecule has 1 aliphatic carbocycles. The Labute approximate surface area is 140 Å². The van der Waals surface area contributed by atoms with Gasteiger partial charge in [0.15, 0.2) is 0 Å². The lowest BCUT2D eigenvalue weighted by atomic mass is 10.3. The number of rotatable bonds is 8. The topological polar surface area (TPSA) is 76.0 Å². The van der Waals surface area contributed by atoms with Crippen LogP contribution in [-0.2, 0) is 22.6 Å². The van der Waals surface area contributed by atoms with Gasteiger partial charge in [0.1, 0.15) is 12.4 Å². The lowest BCUT2D eigenvalue weighted by Crippen LogP contribution is -2.30. The van der Waals surface area contributed by atoms with Gasteiger partial charge in [-0.15, -0.1) is 6.58 Å². The van der Waals surface area contributed by atoms with Crippen LogP contribution in [0.3, 0.4) is 0 Å². The number of para-hydroxylation sites is 2. The number of hydrogen-bond acceptors (Lipinski definition) is 3. The van der Waals surface area contributed by atoms with Crippen LogP contribution in [0.2, 0.25) is 0 Å². The van der Waals surface area contributed by atoms with E-state index in [1.807, 2.05) is 28.8 Å². The number of imidazole rings is 1. The molecule has 2 N–H and O–H groups in total. The number of nitrogens with zero attached hydrogens (tertiary/aromatic N) is 2. The Bertz CT molecular complexity index is 761. The van der Waals surface area contributed by atoms with Crippen LogP contribution in [0.1, 0.15) is 18.7 Å². The van der Waals surface area contributed by atoms with E-state index in [0.29, 0.717) is 19.5 Å². The summed E-state index contributed by atoms with van der Waals surface area (Å²) in [6.07, 6.45) is 4.24. The van der Waals surface area contributed by atoms with Crippen LogP contribution in [0.4, 0.5) is 0 Å². The quantitative estimate of drug-likeness (QED) is 0.720. The SMILES string of the molecule is C=CCNC(=O)Cn1c(CCNC(=O)C2CC2)nc2ccccc21. The molecule has 0 spiro atoms. The molecule has 0 bridgehead atoms. The van der Waals surface area contributed by atoms with Crippen molar-refractivity contribution in [2.75, 3.05) is 13.1 Å². The third-order valence-electron chi connectivity index (χ3n) is 4.07. The highest BCUT2D eigenvalue weighted by atomic mass is 16.2. The smallest absolute Gasteiger partial charge is 0.240 e. The van der Waals surface area contributed by atoms with Gasteiger partial charge in [0.05, 0.1) is 11.0 Å². The molecule has 0 saturated heterocycles. The van der Waals surface area contributed by atoms with Crippen molar-refractivity contribution in [3.05, 3.63) is 42.7 Å². The minimum atomic E-state index is -0.0821. The Morgan fingerprint density at radius 1 is 1.29 bits per heavy atom. The van der Waals surface area contributed by atoms with Gasteiger partial charge in [-0.2, -0.15) is 0 Å². The Hall–Kier alpha value is -2.63. The molecule has 1 aromatic heterocycles. The first-order valence-electron chi connectivity index (χ1n) is 8.28. The van der Waals surface area contributed by atoms with Gasteiger partial charge in [0.25, 0.3) is 0 Å². The zero-order valence-electron chi connectivity index (χ0n) is 13.6. The van der Waals surface area contributed by atoms with Crippen LogP contribution < -0.4 is 10.6 Å². The van der Waals surface area contributed by atoms with Crippen molar-refractivity contribution in [2.45, 2.75) is 25.8 Å². The maximum atomic E-state index is 12.1. The second-order valence-electron chi connectivity index (χ2n) is 6.01. The molecule has 0 aliphatic heterocycles. The van der Waals surface area contributed by atoms with Crippen molar-refractivity contribution >= 4 is 22.8 Å². The summed E-state index contributed by atoms with van der Waals surface area (Å²) < 4.78 is 1.91. The number of carbonyl (C=O) groups excluding carboxylic acids is 2. The van der Waals surface area contributed by atoms with E-state index >= 15 is 0 Å². The normalized spacial score (nSPS) is 13.7. The number of aromatic nitrogens is 2. The Balaban J connectivity index is 1.72. The van der Waals surface area contributed by atoms with Crippen molar-refractivity contribution in [3.63, 3.8) is 0 Å². The fraction of sp³-hybridized carbons (Fsp3) is 0.389. The van der Waals surface area contributed by atoms with Crippen molar-refractivity contribution in [1.82, 2.24) is 20.2 Å². The molecule has 0 radical (unpaired) electrons. The number of nitrogens with one attached hydrogen (secondary N) is 2. The molecule has 6 heteroatoms. The van der Waals surface area contributed by atoms with Crippen LogP contribution in [0.5, 0.6) is 0 Å². The monoisotopic (exact) mass is 326 g/mol. The van der Waals surface area contributed by atoms with Crippen molar-refractivity contribution in [1.29, 1.82) is 0 Å². The third kappa shape index (κ3) is 3.82. The standard InChI is InChI=1S/C18H22N4O2/c1-2-10-19-17(23)12-22-15-6-4-3-5-14(15)21-16(22)9-11-20-18(24)13-7-8-13/h2-6,13H,1,7-12H2,(H,19,23)(H,20,24). The fourth-order valence-corrected chi connectivity index (χ4v) is 2.67. The summed E-state index contributed by atoms with van der Waals surface area (Å²) in [6.45, 7) is 4.79. The predicted octanol–water partition coefficient (Wildman–Crippen LogP) is 1.41. The first kappa shape index (κ1) is 16.2. The van der Waals surface area contributed by atoms with E-state index in [2.05, 4.69) is 22.2 Å². The summed E-state index contributed by atoms with van der Waals surface area (Å²) in [5.74, 6) is 1.05. The first-order valence-corrected chi connectivity index (χ1v) is 8.28. The molecule has 2 aromatic rings. The van der Waals surface area contributed by atoms with E-state index in [4.69, 9.17) is 0 Å². The number of fused-ring (bicyclic) bond motifs is 1. The molecule has 0 atom stereocenters. The molecule has 1 heterocycles. The van der Waals surface area contributed by atoms with E-state index < -0.39 is 0 Å². The van der Waals surface area contributed by atoms with E-state index in [0.717, 1.165) is 29.7 Å².